The standard InChI is InChI=1S/C22H20N6O3/c1-2-30-18-8-4-16(5-9-18)26-22(29)27-17-6-10-19(11-7-17)31-21-14-20(23-15-24-21)28-13-3-12-25-28/h3-15H,2H2,1H3,(H2,26,27,29). The number of nitrogens with zero attached hydrogens (tertiary/aromatic N) is 4. The molecule has 0 fully saturated rings. The minimum Gasteiger partial charge on any atom is -0.494 e. The van der Waals surface area contributed by atoms with Gasteiger partial charge in [0.1, 0.15) is 17.8 Å². The highest BCUT2D eigenvalue weighted by Crippen LogP contribution is 2.22. The number of aromatic nitrogens is 4. The van der Waals surface area contributed by atoms with E-state index in [2.05, 4.69) is 25.7 Å². The second kappa shape index (κ2) is 9.40. The summed E-state index contributed by atoms with van der Waals surface area (Å²) in [5.74, 6) is 2.31. The number of ether oxygens (including phenoxy) is 2. The van der Waals surface area contributed by atoms with Gasteiger partial charge in [0, 0.05) is 29.8 Å². The quantitative estimate of drug-likeness (QED) is 0.460. The first-order chi connectivity index (χ1) is 15.2. The Morgan fingerprint density at radius 2 is 1.65 bits per heavy atom. The Morgan fingerprint density at radius 3 is 2.26 bits per heavy atom. The summed E-state index contributed by atoms with van der Waals surface area (Å²) in [5, 5.41) is 9.68. The van der Waals surface area contributed by atoms with E-state index in [1.54, 1.807) is 77.7 Å². The van der Waals surface area contributed by atoms with Crippen molar-refractivity contribution in [3.63, 3.8) is 0 Å². The van der Waals surface area contributed by atoms with Gasteiger partial charge >= 0.3 is 6.03 Å². The van der Waals surface area contributed by atoms with Gasteiger partial charge in [-0.25, -0.2) is 19.4 Å². The van der Waals surface area contributed by atoms with Gasteiger partial charge in [-0.3, -0.25) is 0 Å². The van der Waals surface area contributed by atoms with Gasteiger partial charge in [-0.1, -0.05) is 0 Å². The van der Waals surface area contributed by atoms with Crippen LogP contribution < -0.4 is 20.1 Å². The molecule has 2 aromatic carbocycles. The second-order valence-electron chi connectivity index (χ2n) is 6.33. The van der Waals surface area contributed by atoms with Gasteiger partial charge in [0.2, 0.25) is 5.88 Å². The molecule has 0 radical (unpaired) electrons. The molecule has 9 heteroatoms. The minimum atomic E-state index is -0.350. The van der Waals surface area contributed by atoms with Gasteiger partial charge in [-0.05, 0) is 61.5 Å². The average molecular weight is 416 g/mol. The fourth-order valence-electron chi connectivity index (χ4n) is 2.74. The van der Waals surface area contributed by atoms with Gasteiger partial charge in [-0.2, -0.15) is 5.10 Å². The van der Waals surface area contributed by atoms with Crippen molar-refractivity contribution >= 4 is 17.4 Å². The summed E-state index contributed by atoms with van der Waals surface area (Å²) in [6.45, 7) is 2.51. The smallest absolute Gasteiger partial charge is 0.323 e. The van der Waals surface area contributed by atoms with Gasteiger partial charge in [0.15, 0.2) is 5.82 Å². The normalized spacial score (nSPS) is 10.4. The van der Waals surface area contributed by atoms with Crippen LogP contribution in [0.4, 0.5) is 16.2 Å². The van der Waals surface area contributed by atoms with E-state index in [0.29, 0.717) is 35.4 Å². The van der Waals surface area contributed by atoms with Crippen molar-refractivity contribution in [2.45, 2.75) is 6.92 Å². The zero-order chi connectivity index (χ0) is 21.5. The molecule has 2 amide bonds. The topological polar surface area (TPSA) is 103 Å². The summed E-state index contributed by atoms with van der Waals surface area (Å²) >= 11 is 0. The van der Waals surface area contributed by atoms with Crippen molar-refractivity contribution in [3.05, 3.63) is 79.4 Å². The molecule has 0 spiro atoms. The number of hydrogen-bond donors (Lipinski definition) is 2. The second-order valence-corrected chi connectivity index (χ2v) is 6.33. The molecule has 0 aliphatic heterocycles. The molecule has 0 aliphatic carbocycles. The van der Waals surface area contributed by atoms with Gasteiger partial charge in [-0.15, -0.1) is 0 Å². The molecule has 2 aromatic heterocycles. The number of anilines is 2. The summed E-state index contributed by atoms with van der Waals surface area (Å²) in [4.78, 5) is 20.5. The van der Waals surface area contributed by atoms with E-state index in [9.17, 15) is 4.79 Å². The average Bonchev–Trinajstić information content (AvgIpc) is 3.32. The zero-order valence-electron chi connectivity index (χ0n) is 16.7. The predicted molar refractivity (Wildman–Crippen MR) is 116 cm³/mol. The van der Waals surface area contributed by atoms with E-state index in [0.717, 1.165) is 5.75 Å². The number of rotatable bonds is 7. The van der Waals surface area contributed by atoms with Crippen LogP contribution >= 0.6 is 0 Å². The van der Waals surface area contributed by atoms with Crippen LogP contribution in [0.3, 0.4) is 0 Å². The van der Waals surface area contributed by atoms with Crippen LogP contribution in [0.15, 0.2) is 79.4 Å². The monoisotopic (exact) mass is 416 g/mol. The Kier molecular flexibility index (Phi) is 6.03. The van der Waals surface area contributed by atoms with E-state index >= 15 is 0 Å². The minimum absolute atomic E-state index is 0.350. The molecule has 156 valence electrons. The molecule has 4 rings (SSSR count). The van der Waals surface area contributed by atoms with Crippen LogP contribution in [-0.4, -0.2) is 32.4 Å². The summed E-state index contributed by atoms with van der Waals surface area (Å²) < 4.78 is 12.8. The SMILES string of the molecule is CCOc1ccc(NC(=O)Nc2ccc(Oc3cc(-n4cccn4)ncn3)cc2)cc1. The Morgan fingerprint density at radius 1 is 0.968 bits per heavy atom. The lowest BCUT2D eigenvalue weighted by atomic mass is 10.3. The van der Waals surface area contributed by atoms with E-state index in [-0.39, 0.29) is 6.03 Å². The zero-order valence-corrected chi connectivity index (χ0v) is 16.7. The summed E-state index contributed by atoms with van der Waals surface area (Å²) in [5.41, 5.74) is 1.29. The molecule has 31 heavy (non-hydrogen) atoms. The van der Waals surface area contributed by atoms with Crippen molar-refractivity contribution in [3.8, 4) is 23.2 Å². The van der Waals surface area contributed by atoms with Crippen molar-refractivity contribution in [2.24, 2.45) is 0 Å². The van der Waals surface area contributed by atoms with Crippen molar-refractivity contribution < 1.29 is 14.3 Å². The van der Waals surface area contributed by atoms with Crippen LogP contribution in [0.2, 0.25) is 0 Å². The number of carbonyl (C=O) groups excluding carboxylic acids is 1. The lowest BCUT2D eigenvalue weighted by Gasteiger charge is -2.10. The van der Waals surface area contributed by atoms with Crippen LogP contribution in [0.25, 0.3) is 5.82 Å². The molecule has 0 unspecified atom stereocenters. The lowest BCUT2D eigenvalue weighted by Crippen LogP contribution is -2.19. The summed E-state index contributed by atoms with van der Waals surface area (Å²) in [6, 6.07) is 17.3. The molecular formula is C22H20N6O3. The molecule has 4 aromatic rings. The molecule has 2 heterocycles. The molecule has 2 N–H and O–H groups in total. The van der Waals surface area contributed by atoms with Gasteiger partial charge in [0.25, 0.3) is 0 Å². The van der Waals surface area contributed by atoms with E-state index in [4.69, 9.17) is 9.47 Å². The number of nitrogens with one attached hydrogen (secondary N) is 2. The lowest BCUT2D eigenvalue weighted by molar-refractivity contribution is 0.262. The van der Waals surface area contributed by atoms with Crippen LogP contribution in [0.5, 0.6) is 17.4 Å². The van der Waals surface area contributed by atoms with Crippen LogP contribution in [0.1, 0.15) is 6.92 Å². The van der Waals surface area contributed by atoms with Gasteiger partial charge < -0.3 is 20.1 Å². The van der Waals surface area contributed by atoms with Gasteiger partial charge in [0.05, 0.1) is 6.61 Å². The molecule has 0 aliphatic rings. The highest BCUT2D eigenvalue weighted by atomic mass is 16.5. The Balaban J connectivity index is 1.34. The van der Waals surface area contributed by atoms with Crippen LogP contribution in [-0.2, 0) is 0 Å². The Bertz CT molecular complexity index is 1130. The molecule has 0 atom stereocenters. The number of carbonyl (C=O) groups is 1. The van der Waals surface area contributed by atoms with Crippen molar-refractivity contribution in [1.82, 2.24) is 19.7 Å². The first kappa shape index (κ1) is 19.9. The Labute approximate surface area is 178 Å². The maximum absolute atomic E-state index is 12.2. The summed E-state index contributed by atoms with van der Waals surface area (Å²) in [6.07, 6.45) is 4.86. The molecule has 0 saturated carbocycles. The van der Waals surface area contributed by atoms with Crippen molar-refractivity contribution in [2.75, 3.05) is 17.2 Å². The maximum Gasteiger partial charge on any atom is 0.323 e. The number of amides is 2. The van der Waals surface area contributed by atoms with E-state index in [1.807, 2.05) is 6.92 Å². The summed E-state index contributed by atoms with van der Waals surface area (Å²) in [7, 11) is 0. The highest BCUT2D eigenvalue weighted by molar-refractivity contribution is 5.99. The molecule has 0 saturated heterocycles. The van der Waals surface area contributed by atoms with Crippen molar-refractivity contribution in [1.29, 1.82) is 0 Å². The number of hydrogen-bond acceptors (Lipinski definition) is 6. The first-order valence-corrected chi connectivity index (χ1v) is 9.60. The fraction of sp³-hybridized carbons (Fsp3) is 0.0909. The molecule has 0 bridgehead atoms. The Hall–Kier alpha value is -4.40. The largest absolute Gasteiger partial charge is 0.494 e. The molecular weight excluding hydrogens is 396 g/mol. The third-order valence-electron chi connectivity index (χ3n) is 4.12. The predicted octanol–water partition coefficient (Wildman–Crippen LogP) is 4.50. The third kappa shape index (κ3) is 5.36. The van der Waals surface area contributed by atoms with Crippen LogP contribution in [0, 0.1) is 0 Å². The number of urea groups is 1. The highest BCUT2D eigenvalue weighted by Gasteiger charge is 2.06. The third-order valence-corrected chi connectivity index (χ3v) is 4.12. The first-order valence-electron chi connectivity index (χ1n) is 9.60. The van der Waals surface area contributed by atoms with E-state index in [1.165, 1.54) is 6.33 Å². The maximum atomic E-state index is 12.2. The fourth-order valence-corrected chi connectivity index (χ4v) is 2.74. The molecule has 9 nitrogen and oxygen atoms in total. The van der Waals surface area contributed by atoms with E-state index < -0.39 is 0 Å². The number of benzene rings is 2.